The van der Waals surface area contributed by atoms with Gasteiger partial charge in [-0.1, -0.05) is 6.08 Å². The van der Waals surface area contributed by atoms with Crippen molar-refractivity contribution in [2.75, 3.05) is 0 Å². The molecule has 0 aromatic heterocycles. The Bertz CT molecular complexity index is 420. The zero-order valence-electron chi connectivity index (χ0n) is 12.2. The highest BCUT2D eigenvalue weighted by atomic mass is 16.6. The fourth-order valence-corrected chi connectivity index (χ4v) is 3.01. The van der Waals surface area contributed by atoms with Gasteiger partial charge in [-0.15, -0.1) is 0 Å². The molecule has 106 valence electrons. The smallest absolute Gasteiger partial charge is 0.411 e. The van der Waals surface area contributed by atoms with E-state index >= 15 is 0 Å². The Hall–Kier alpha value is -1.32. The molecule has 0 saturated carbocycles. The van der Waals surface area contributed by atoms with Crippen molar-refractivity contribution in [1.29, 1.82) is 0 Å². The first-order valence-electron chi connectivity index (χ1n) is 7.02. The van der Waals surface area contributed by atoms with E-state index in [-0.39, 0.29) is 24.0 Å². The molecule has 1 unspecified atom stereocenters. The highest BCUT2D eigenvalue weighted by Crippen LogP contribution is 2.36. The van der Waals surface area contributed by atoms with Crippen molar-refractivity contribution in [3.63, 3.8) is 0 Å². The summed E-state index contributed by atoms with van der Waals surface area (Å²) in [5.74, 6) is 0.0705. The standard InChI is InChI=1S/C15H23NO3/c1-10(17)12-7-5-6-11-8-9-13(12)16(11)14(18)19-15(2,3)4/h7,11,13H,5-6,8-9H2,1-4H3/t11?,13-/m1/s1. The molecule has 0 aliphatic carbocycles. The summed E-state index contributed by atoms with van der Waals surface area (Å²) < 4.78 is 5.49. The monoisotopic (exact) mass is 265 g/mol. The summed E-state index contributed by atoms with van der Waals surface area (Å²) in [7, 11) is 0. The molecule has 0 aromatic rings. The maximum atomic E-state index is 12.4. The third kappa shape index (κ3) is 2.99. The Labute approximate surface area is 114 Å². The lowest BCUT2D eigenvalue weighted by atomic mass is 9.97. The van der Waals surface area contributed by atoms with Crippen LogP contribution in [-0.2, 0) is 9.53 Å². The topological polar surface area (TPSA) is 46.6 Å². The molecular formula is C15H23NO3. The van der Waals surface area contributed by atoms with Crippen molar-refractivity contribution in [1.82, 2.24) is 4.90 Å². The maximum Gasteiger partial charge on any atom is 0.411 e. The molecule has 2 heterocycles. The first-order chi connectivity index (χ1) is 8.79. The number of allylic oxidation sites excluding steroid dienone is 1. The van der Waals surface area contributed by atoms with Gasteiger partial charge in [0.15, 0.2) is 5.78 Å². The second kappa shape index (κ2) is 4.99. The molecule has 4 nitrogen and oxygen atoms in total. The zero-order chi connectivity index (χ0) is 14.2. The van der Waals surface area contributed by atoms with Crippen molar-refractivity contribution in [2.24, 2.45) is 0 Å². The van der Waals surface area contributed by atoms with Gasteiger partial charge in [0.25, 0.3) is 0 Å². The molecule has 1 fully saturated rings. The van der Waals surface area contributed by atoms with E-state index < -0.39 is 5.60 Å². The van der Waals surface area contributed by atoms with Crippen LogP contribution in [0, 0.1) is 0 Å². The molecule has 1 saturated heterocycles. The van der Waals surface area contributed by atoms with Crippen LogP contribution in [0.25, 0.3) is 0 Å². The van der Waals surface area contributed by atoms with E-state index in [2.05, 4.69) is 0 Å². The van der Waals surface area contributed by atoms with E-state index in [0.29, 0.717) is 0 Å². The van der Waals surface area contributed by atoms with Gasteiger partial charge in [0.1, 0.15) is 5.60 Å². The van der Waals surface area contributed by atoms with E-state index in [1.54, 1.807) is 11.8 Å². The average Bonchev–Trinajstić information content (AvgIpc) is 2.51. The van der Waals surface area contributed by atoms with Gasteiger partial charge < -0.3 is 4.74 Å². The van der Waals surface area contributed by atoms with Gasteiger partial charge >= 0.3 is 6.09 Å². The third-order valence-electron chi connectivity index (χ3n) is 3.74. The number of hydrogen-bond acceptors (Lipinski definition) is 3. The lowest BCUT2D eigenvalue weighted by Gasteiger charge is -2.31. The fraction of sp³-hybridized carbons (Fsp3) is 0.733. The van der Waals surface area contributed by atoms with E-state index in [4.69, 9.17) is 4.74 Å². The molecule has 2 aliphatic rings. The van der Waals surface area contributed by atoms with Gasteiger partial charge in [-0.2, -0.15) is 0 Å². The molecule has 0 aromatic carbocycles. The lowest BCUT2D eigenvalue weighted by Crippen LogP contribution is -2.44. The number of Topliss-reactive ketones (excluding diaryl/α,β-unsaturated/α-hetero) is 1. The van der Waals surface area contributed by atoms with Crippen LogP contribution >= 0.6 is 0 Å². The molecule has 2 bridgehead atoms. The summed E-state index contributed by atoms with van der Waals surface area (Å²) in [5, 5.41) is 0. The van der Waals surface area contributed by atoms with Crippen molar-refractivity contribution in [2.45, 2.75) is 71.1 Å². The van der Waals surface area contributed by atoms with Crippen LogP contribution in [0.1, 0.15) is 53.4 Å². The van der Waals surface area contributed by atoms with Gasteiger partial charge in [-0.25, -0.2) is 4.79 Å². The summed E-state index contributed by atoms with van der Waals surface area (Å²) in [6, 6.07) is 0.132. The van der Waals surface area contributed by atoms with E-state index in [0.717, 1.165) is 31.3 Å². The van der Waals surface area contributed by atoms with Crippen molar-refractivity contribution >= 4 is 11.9 Å². The minimum absolute atomic E-state index is 0.0705. The molecule has 0 radical (unpaired) electrons. The highest BCUT2D eigenvalue weighted by Gasteiger charge is 2.42. The second-order valence-electron chi connectivity index (χ2n) is 6.43. The Morgan fingerprint density at radius 2 is 1.95 bits per heavy atom. The van der Waals surface area contributed by atoms with Crippen molar-refractivity contribution < 1.29 is 14.3 Å². The van der Waals surface area contributed by atoms with Gasteiger partial charge in [-0.3, -0.25) is 9.69 Å². The van der Waals surface area contributed by atoms with Crippen LogP contribution in [0.5, 0.6) is 0 Å². The molecular weight excluding hydrogens is 242 g/mol. The van der Waals surface area contributed by atoms with Crippen molar-refractivity contribution in [3.05, 3.63) is 11.6 Å². The SMILES string of the molecule is CC(=O)C1=CCCC2CC[C@H]1N2C(=O)OC(C)(C)C. The molecule has 2 aliphatic heterocycles. The average molecular weight is 265 g/mol. The van der Waals surface area contributed by atoms with E-state index in [1.807, 2.05) is 26.8 Å². The Morgan fingerprint density at radius 3 is 2.53 bits per heavy atom. The molecule has 2 rings (SSSR count). The molecule has 0 spiro atoms. The number of ketones is 1. The van der Waals surface area contributed by atoms with Crippen LogP contribution in [0.2, 0.25) is 0 Å². The molecule has 1 amide bonds. The molecule has 4 heteroatoms. The molecule has 0 N–H and O–H groups in total. The Morgan fingerprint density at radius 1 is 1.26 bits per heavy atom. The lowest BCUT2D eigenvalue weighted by molar-refractivity contribution is -0.114. The van der Waals surface area contributed by atoms with Gasteiger partial charge in [-0.05, 0) is 53.4 Å². The van der Waals surface area contributed by atoms with Crippen LogP contribution in [0.3, 0.4) is 0 Å². The van der Waals surface area contributed by atoms with Crippen LogP contribution in [0.4, 0.5) is 4.79 Å². The number of ether oxygens (including phenoxy) is 1. The second-order valence-corrected chi connectivity index (χ2v) is 6.43. The zero-order valence-corrected chi connectivity index (χ0v) is 12.2. The number of carbonyl (C=O) groups excluding carboxylic acids is 2. The summed E-state index contributed by atoms with van der Waals surface area (Å²) in [6.07, 6.45) is 5.35. The van der Waals surface area contributed by atoms with Gasteiger partial charge in [0.2, 0.25) is 0 Å². The van der Waals surface area contributed by atoms with Gasteiger partial charge in [0.05, 0.1) is 6.04 Å². The minimum Gasteiger partial charge on any atom is -0.444 e. The Kier molecular flexibility index (Phi) is 3.70. The van der Waals surface area contributed by atoms with E-state index in [1.165, 1.54) is 0 Å². The number of nitrogens with zero attached hydrogens (tertiary/aromatic N) is 1. The van der Waals surface area contributed by atoms with E-state index in [9.17, 15) is 9.59 Å². The Balaban J connectivity index is 2.23. The predicted octanol–water partition coefficient (Wildman–Crippen LogP) is 3.06. The van der Waals surface area contributed by atoms with Crippen molar-refractivity contribution in [3.8, 4) is 0 Å². The molecule has 2 atom stereocenters. The summed E-state index contributed by atoms with van der Waals surface area (Å²) in [5.41, 5.74) is 0.286. The number of carbonyl (C=O) groups is 2. The number of fused-ring (bicyclic) bond motifs is 2. The number of amides is 1. The predicted molar refractivity (Wildman–Crippen MR) is 72.9 cm³/mol. The molecule has 19 heavy (non-hydrogen) atoms. The third-order valence-corrected chi connectivity index (χ3v) is 3.74. The first kappa shape index (κ1) is 14.1. The largest absolute Gasteiger partial charge is 0.444 e. The first-order valence-corrected chi connectivity index (χ1v) is 7.02. The quantitative estimate of drug-likeness (QED) is 0.732. The number of hydrogen-bond donors (Lipinski definition) is 0. The summed E-state index contributed by atoms with van der Waals surface area (Å²) in [6.45, 7) is 7.18. The highest BCUT2D eigenvalue weighted by molar-refractivity contribution is 5.95. The fourth-order valence-electron chi connectivity index (χ4n) is 3.01. The summed E-state index contributed by atoms with van der Waals surface area (Å²) in [4.78, 5) is 25.9. The minimum atomic E-state index is -0.497. The van der Waals surface area contributed by atoms with Crippen LogP contribution < -0.4 is 0 Å². The van der Waals surface area contributed by atoms with Crippen LogP contribution in [-0.4, -0.2) is 34.5 Å². The maximum absolute atomic E-state index is 12.4. The van der Waals surface area contributed by atoms with Gasteiger partial charge in [0, 0.05) is 11.6 Å². The normalized spacial score (nSPS) is 26.7. The summed E-state index contributed by atoms with van der Waals surface area (Å²) >= 11 is 0. The van der Waals surface area contributed by atoms with Crippen LogP contribution in [0.15, 0.2) is 11.6 Å². The number of rotatable bonds is 1.